The molecule has 0 aromatic heterocycles. The van der Waals surface area contributed by atoms with Crippen molar-refractivity contribution in [3.63, 3.8) is 0 Å². The highest BCUT2D eigenvalue weighted by Crippen LogP contribution is 2.05. The van der Waals surface area contributed by atoms with Crippen LogP contribution in [0.2, 0.25) is 0 Å². The van der Waals surface area contributed by atoms with Gasteiger partial charge in [0.15, 0.2) is 0 Å². The molecule has 0 bridgehead atoms. The van der Waals surface area contributed by atoms with Crippen molar-refractivity contribution in [2.45, 2.75) is 32.9 Å². The van der Waals surface area contributed by atoms with E-state index >= 15 is 0 Å². The lowest BCUT2D eigenvalue weighted by Crippen LogP contribution is -2.36. The zero-order valence-corrected chi connectivity index (χ0v) is 11.0. The zero-order chi connectivity index (χ0) is 12.3. The maximum absolute atomic E-state index is 13.2. The van der Waals surface area contributed by atoms with Gasteiger partial charge in [-0.1, -0.05) is 12.1 Å². The molecule has 0 unspecified atom stereocenters. The van der Waals surface area contributed by atoms with E-state index in [4.69, 9.17) is 10.0 Å². The van der Waals surface area contributed by atoms with E-state index in [2.05, 4.69) is 5.32 Å². The number of rotatable bonds is 3. The summed E-state index contributed by atoms with van der Waals surface area (Å²) < 4.78 is 13.2. The van der Waals surface area contributed by atoms with Gasteiger partial charge in [-0.15, -0.1) is 12.4 Å². The summed E-state index contributed by atoms with van der Waals surface area (Å²) in [5, 5.41) is 21.1. The van der Waals surface area contributed by atoms with Crippen LogP contribution in [0.5, 0.6) is 0 Å². The number of nitrogens with one attached hydrogen (secondary N) is 1. The molecule has 0 amide bonds. The van der Waals surface area contributed by atoms with Crippen LogP contribution in [0.4, 0.5) is 4.39 Å². The number of halogens is 2. The van der Waals surface area contributed by atoms with Gasteiger partial charge in [0, 0.05) is 17.5 Å². The summed E-state index contributed by atoms with van der Waals surface area (Å²) >= 11 is 0. The van der Waals surface area contributed by atoms with Crippen LogP contribution in [-0.4, -0.2) is 22.7 Å². The van der Waals surface area contributed by atoms with Gasteiger partial charge in [0.25, 0.3) is 0 Å². The molecule has 0 saturated carbocycles. The number of hydrogen-bond donors (Lipinski definition) is 3. The van der Waals surface area contributed by atoms with Gasteiger partial charge in [0.05, 0.1) is 0 Å². The third kappa shape index (κ3) is 5.50. The van der Waals surface area contributed by atoms with E-state index < -0.39 is 12.9 Å². The van der Waals surface area contributed by atoms with Crippen LogP contribution >= 0.6 is 12.4 Å². The average molecular weight is 262 g/mol. The molecule has 3 nitrogen and oxygen atoms in total. The van der Waals surface area contributed by atoms with Crippen LogP contribution in [0.15, 0.2) is 18.2 Å². The topological polar surface area (TPSA) is 52.5 Å². The van der Waals surface area contributed by atoms with E-state index in [1.165, 1.54) is 12.1 Å². The average Bonchev–Trinajstić information content (AvgIpc) is 2.14. The first-order valence-corrected chi connectivity index (χ1v) is 5.19. The molecule has 0 spiro atoms. The summed E-state index contributed by atoms with van der Waals surface area (Å²) in [6, 6.07) is 4.33. The first-order chi connectivity index (χ1) is 7.29. The maximum Gasteiger partial charge on any atom is 0.491 e. The summed E-state index contributed by atoms with van der Waals surface area (Å²) in [7, 11) is -1.77. The summed E-state index contributed by atoms with van der Waals surface area (Å²) in [5.41, 5.74) is 0.694. The molecular weight excluding hydrogens is 243 g/mol. The number of hydrogen-bond acceptors (Lipinski definition) is 3. The highest BCUT2D eigenvalue weighted by atomic mass is 35.5. The van der Waals surface area contributed by atoms with E-state index in [9.17, 15) is 4.39 Å². The molecule has 0 aliphatic heterocycles. The van der Waals surface area contributed by atoms with E-state index in [0.29, 0.717) is 6.54 Å². The Kier molecular flexibility index (Phi) is 6.12. The Morgan fingerprint density at radius 3 is 2.35 bits per heavy atom. The summed E-state index contributed by atoms with van der Waals surface area (Å²) in [4.78, 5) is 0. The highest BCUT2D eigenvalue weighted by Gasteiger charge is 2.17. The second-order valence-electron chi connectivity index (χ2n) is 4.83. The second kappa shape index (κ2) is 6.35. The Hall–Kier alpha value is -0.615. The molecule has 1 aromatic rings. The molecular formula is C11H18BClFNO2. The molecule has 1 rings (SSSR count). The molecule has 0 radical (unpaired) electrons. The lowest BCUT2D eigenvalue weighted by atomic mass is 9.79. The van der Waals surface area contributed by atoms with E-state index in [1.807, 2.05) is 20.8 Å². The van der Waals surface area contributed by atoms with Gasteiger partial charge >= 0.3 is 7.12 Å². The first kappa shape index (κ1) is 16.4. The molecule has 0 aliphatic rings. The first-order valence-electron chi connectivity index (χ1n) is 5.19. The normalized spacial score (nSPS) is 10.9. The van der Waals surface area contributed by atoms with Crippen LogP contribution in [0.25, 0.3) is 0 Å². The number of benzene rings is 1. The van der Waals surface area contributed by atoms with Gasteiger partial charge < -0.3 is 15.4 Å². The third-order valence-corrected chi connectivity index (χ3v) is 2.16. The predicted molar refractivity (Wildman–Crippen MR) is 70.1 cm³/mol. The van der Waals surface area contributed by atoms with Crippen molar-refractivity contribution in [2.24, 2.45) is 0 Å². The Morgan fingerprint density at radius 2 is 1.88 bits per heavy atom. The Balaban J connectivity index is 0.00000256. The minimum atomic E-state index is -1.77. The molecule has 0 heterocycles. The Labute approximate surface area is 108 Å². The SMILES string of the molecule is CC(C)(C)NCc1ccc(F)c(B(O)O)c1.Cl. The largest absolute Gasteiger partial charge is 0.491 e. The highest BCUT2D eigenvalue weighted by molar-refractivity contribution is 6.58. The third-order valence-electron chi connectivity index (χ3n) is 2.16. The standard InChI is InChI=1S/C11H17BFNO2.ClH/c1-11(2,3)14-7-8-4-5-10(13)9(6-8)12(15)16;/h4-6,14-16H,7H2,1-3H3;1H. The summed E-state index contributed by atoms with van der Waals surface area (Å²) in [5.74, 6) is -0.602. The second-order valence-corrected chi connectivity index (χ2v) is 4.83. The maximum atomic E-state index is 13.2. The van der Waals surface area contributed by atoms with Crippen LogP contribution in [0.1, 0.15) is 26.3 Å². The lowest BCUT2D eigenvalue weighted by Gasteiger charge is -2.20. The summed E-state index contributed by atoms with van der Waals surface area (Å²) in [6.45, 7) is 6.64. The molecule has 0 atom stereocenters. The molecule has 17 heavy (non-hydrogen) atoms. The molecule has 0 aliphatic carbocycles. The van der Waals surface area contributed by atoms with Crippen LogP contribution in [-0.2, 0) is 6.54 Å². The fourth-order valence-corrected chi connectivity index (χ4v) is 1.27. The van der Waals surface area contributed by atoms with Crippen molar-refractivity contribution >= 4 is 25.0 Å². The molecule has 96 valence electrons. The molecule has 0 saturated heterocycles. The zero-order valence-electron chi connectivity index (χ0n) is 10.2. The lowest BCUT2D eigenvalue weighted by molar-refractivity contribution is 0.421. The summed E-state index contributed by atoms with van der Waals surface area (Å²) in [6.07, 6.45) is 0. The van der Waals surface area contributed by atoms with Gasteiger partial charge in [-0.3, -0.25) is 0 Å². The van der Waals surface area contributed by atoms with E-state index in [1.54, 1.807) is 6.07 Å². The molecule has 6 heteroatoms. The molecule has 1 aromatic carbocycles. The van der Waals surface area contributed by atoms with Crippen molar-refractivity contribution in [3.8, 4) is 0 Å². The van der Waals surface area contributed by atoms with E-state index in [0.717, 1.165) is 5.56 Å². The van der Waals surface area contributed by atoms with Crippen LogP contribution in [0, 0.1) is 5.82 Å². The van der Waals surface area contributed by atoms with Crippen molar-refractivity contribution in [3.05, 3.63) is 29.6 Å². The fourth-order valence-electron chi connectivity index (χ4n) is 1.27. The minimum absolute atomic E-state index is 0. The van der Waals surface area contributed by atoms with Crippen LogP contribution in [0.3, 0.4) is 0 Å². The van der Waals surface area contributed by atoms with Crippen LogP contribution < -0.4 is 10.8 Å². The fraction of sp³-hybridized carbons (Fsp3) is 0.455. The van der Waals surface area contributed by atoms with Gasteiger partial charge in [-0.2, -0.15) is 0 Å². The van der Waals surface area contributed by atoms with Gasteiger partial charge in [0.2, 0.25) is 0 Å². The quantitative estimate of drug-likeness (QED) is 0.706. The molecule has 0 fully saturated rings. The van der Waals surface area contributed by atoms with Crippen molar-refractivity contribution in [2.75, 3.05) is 0 Å². The Bertz CT molecular complexity index is 369. The Morgan fingerprint density at radius 1 is 1.29 bits per heavy atom. The van der Waals surface area contributed by atoms with Gasteiger partial charge in [-0.05, 0) is 32.4 Å². The van der Waals surface area contributed by atoms with Gasteiger partial charge in [0.1, 0.15) is 5.82 Å². The predicted octanol–water partition coefficient (Wildman–Crippen LogP) is 0.815. The van der Waals surface area contributed by atoms with E-state index in [-0.39, 0.29) is 23.4 Å². The van der Waals surface area contributed by atoms with Gasteiger partial charge in [-0.25, -0.2) is 4.39 Å². The van der Waals surface area contributed by atoms with Crippen molar-refractivity contribution in [1.82, 2.24) is 5.32 Å². The van der Waals surface area contributed by atoms with Crippen molar-refractivity contribution in [1.29, 1.82) is 0 Å². The monoisotopic (exact) mass is 261 g/mol. The smallest absolute Gasteiger partial charge is 0.423 e. The van der Waals surface area contributed by atoms with Crippen molar-refractivity contribution < 1.29 is 14.4 Å². The molecule has 3 N–H and O–H groups in total. The minimum Gasteiger partial charge on any atom is -0.423 e.